The zero-order chi connectivity index (χ0) is 13.3. The summed E-state index contributed by atoms with van der Waals surface area (Å²) in [6, 6.07) is 1.78. The van der Waals surface area contributed by atoms with E-state index in [1.165, 1.54) is 6.20 Å². The number of H-pyrrole nitrogens is 1. The van der Waals surface area contributed by atoms with E-state index in [4.69, 9.17) is 5.73 Å². The van der Waals surface area contributed by atoms with Crippen molar-refractivity contribution < 1.29 is 4.79 Å². The predicted molar refractivity (Wildman–Crippen MR) is 83.7 cm³/mol. The summed E-state index contributed by atoms with van der Waals surface area (Å²) in [5.41, 5.74) is 7.40. The molecule has 0 aromatic carbocycles. The Morgan fingerprint density at radius 2 is 2.10 bits per heavy atom. The smallest absolute Gasteiger partial charge is 0.252 e. The number of aryl methyl sites for hydroxylation is 1. The average molecular weight is 320 g/mol. The normalized spacial score (nSPS) is 10.6. The molecule has 2 aromatic heterocycles. The maximum atomic E-state index is 11.9. The van der Waals surface area contributed by atoms with E-state index in [1.54, 1.807) is 6.07 Å². The fourth-order valence-corrected chi connectivity index (χ4v) is 1.55. The first-order chi connectivity index (χ1) is 8.37. The van der Waals surface area contributed by atoms with Gasteiger partial charge in [-0.15, -0.1) is 24.8 Å². The Labute approximate surface area is 129 Å². The molecule has 0 saturated heterocycles. The van der Waals surface area contributed by atoms with Crippen molar-refractivity contribution in [3.63, 3.8) is 0 Å². The van der Waals surface area contributed by atoms with Gasteiger partial charge in [-0.2, -0.15) is 5.10 Å². The summed E-state index contributed by atoms with van der Waals surface area (Å²) >= 11 is 0. The number of rotatable bonds is 3. The minimum absolute atomic E-state index is 0. The second-order valence-corrected chi connectivity index (χ2v) is 5.12. The molecule has 0 aliphatic rings. The number of fused-ring (bicyclic) bond motifs is 1. The number of hydrogen-bond acceptors (Lipinski definition) is 4. The molecule has 0 radical (unpaired) electrons. The van der Waals surface area contributed by atoms with Gasteiger partial charge in [0.25, 0.3) is 5.91 Å². The molecule has 6 nitrogen and oxygen atoms in total. The van der Waals surface area contributed by atoms with Crippen molar-refractivity contribution in [2.45, 2.75) is 26.3 Å². The third kappa shape index (κ3) is 4.33. The molecule has 2 rings (SSSR count). The number of aromatic nitrogens is 3. The number of hydrogen-bond donors (Lipinski definition) is 3. The van der Waals surface area contributed by atoms with Crippen LogP contribution in [0.15, 0.2) is 12.3 Å². The van der Waals surface area contributed by atoms with Gasteiger partial charge in [0, 0.05) is 29.4 Å². The van der Waals surface area contributed by atoms with Gasteiger partial charge in [0.05, 0.1) is 5.56 Å². The molecule has 0 spiro atoms. The number of aromatic amines is 1. The minimum Gasteiger partial charge on any atom is -0.350 e. The van der Waals surface area contributed by atoms with Crippen molar-refractivity contribution in [3.05, 3.63) is 23.5 Å². The summed E-state index contributed by atoms with van der Waals surface area (Å²) in [4.78, 5) is 16.1. The van der Waals surface area contributed by atoms with Gasteiger partial charge in [-0.05, 0) is 26.8 Å². The second kappa shape index (κ2) is 6.88. The zero-order valence-corrected chi connectivity index (χ0v) is 13.2. The number of carbonyl (C=O) groups is 1. The average Bonchev–Trinajstić information content (AvgIpc) is 2.67. The van der Waals surface area contributed by atoms with Crippen LogP contribution in [0.4, 0.5) is 0 Å². The quantitative estimate of drug-likeness (QED) is 0.800. The van der Waals surface area contributed by atoms with Crippen LogP contribution in [0.5, 0.6) is 0 Å². The Bertz CT molecular complexity index is 591. The number of halogens is 2. The maximum absolute atomic E-state index is 11.9. The van der Waals surface area contributed by atoms with Crippen LogP contribution in [0.3, 0.4) is 0 Å². The first-order valence-electron chi connectivity index (χ1n) is 5.74. The molecule has 0 bridgehead atoms. The molecule has 0 unspecified atom stereocenters. The Morgan fingerprint density at radius 3 is 2.70 bits per heavy atom. The van der Waals surface area contributed by atoms with Crippen LogP contribution in [0.1, 0.15) is 29.9 Å². The van der Waals surface area contributed by atoms with Gasteiger partial charge in [-0.1, -0.05) is 0 Å². The molecule has 0 atom stereocenters. The molecule has 1 amide bonds. The van der Waals surface area contributed by atoms with Gasteiger partial charge in [0.2, 0.25) is 0 Å². The fraction of sp³-hybridized carbons (Fsp3) is 0.417. The van der Waals surface area contributed by atoms with Crippen LogP contribution in [0.2, 0.25) is 0 Å². The van der Waals surface area contributed by atoms with Gasteiger partial charge in [-0.25, -0.2) is 4.98 Å². The van der Waals surface area contributed by atoms with E-state index in [9.17, 15) is 4.79 Å². The van der Waals surface area contributed by atoms with Crippen molar-refractivity contribution in [2.24, 2.45) is 5.73 Å². The van der Waals surface area contributed by atoms with E-state index >= 15 is 0 Å². The van der Waals surface area contributed by atoms with E-state index in [-0.39, 0.29) is 30.7 Å². The van der Waals surface area contributed by atoms with Crippen molar-refractivity contribution in [3.8, 4) is 0 Å². The summed E-state index contributed by atoms with van der Waals surface area (Å²) in [6.45, 7) is 6.01. The van der Waals surface area contributed by atoms with Crippen LogP contribution >= 0.6 is 24.8 Å². The lowest BCUT2D eigenvalue weighted by Crippen LogP contribution is -2.45. The van der Waals surface area contributed by atoms with Gasteiger partial charge >= 0.3 is 0 Å². The van der Waals surface area contributed by atoms with E-state index in [0.717, 1.165) is 11.1 Å². The second-order valence-electron chi connectivity index (χ2n) is 5.12. The summed E-state index contributed by atoms with van der Waals surface area (Å²) < 4.78 is 0. The van der Waals surface area contributed by atoms with Crippen molar-refractivity contribution in [1.82, 2.24) is 20.5 Å². The number of carbonyl (C=O) groups excluding carboxylic acids is 1. The van der Waals surface area contributed by atoms with Crippen molar-refractivity contribution >= 4 is 41.8 Å². The van der Waals surface area contributed by atoms with Crippen LogP contribution < -0.4 is 11.1 Å². The monoisotopic (exact) mass is 319 g/mol. The van der Waals surface area contributed by atoms with Crippen molar-refractivity contribution in [1.29, 1.82) is 0 Å². The third-order valence-electron chi connectivity index (χ3n) is 2.57. The van der Waals surface area contributed by atoms with Gasteiger partial charge in [0.1, 0.15) is 0 Å². The Morgan fingerprint density at radius 1 is 1.45 bits per heavy atom. The highest BCUT2D eigenvalue weighted by atomic mass is 35.5. The molecule has 20 heavy (non-hydrogen) atoms. The zero-order valence-electron chi connectivity index (χ0n) is 11.6. The number of pyridine rings is 1. The van der Waals surface area contributed by atoms with E-state index in [1.807, 2.05) is 20.8 Å². The highest BCUT2D eigenvalue weighted by molar-refractivity contribution is 5.97. The molecule has 2 heterocycles. The lowest BCUT2D eigenvalue weighted by molar-refractivity contribution is 0.0946. The van der Waals surface area contributed by atoms with Crippen LogP contribution in [0.25, 0.3) is 11.0 Å². The fourth-order valence-electron chi connectivity index (χ4n) is 1.55. The summed E-state index contributed by atoms with van der Waals surface area (Å²) in [7, 11) is 0. The maximum Gasteiger partial charge on any atom is 0.252 e. The SMILES string of the molecule is Cc1[nH]nc2ncc(C(=O)NCC(C)(C)N)cc12.Cl.Cl. The molecule has 0 aliphatic carbocycles. The topological polar surface area (TPSA) is 96.7 Å². The largest absolute Gasteiger partial charge is 0.350 e. The number of amides is 1. The molecule has 8 heteroatoms. The van der Waals surface area contributed by atoms with Gasteiger partial charge < -0.3 is 11.1 Å². The molecule has 4 N–H and O–H groups in total. The van der Waals surface area contributed by atoms with Crippen LogP contribution in [-0.4, -0.2) is 33.2 Å². The number of nitrogens with one attached hydrogen (secondary N) is 2. The predicted octanol–water partition coefficient (Wildman–Crippen LogP) is 1.58. The van der Waals surface area contributed by atoms with Gasteiger partial charge in [-0.3, -0.25) is 9.89 Å². The standard InChI is InChI=1S/C12H17N5O.2ClH/c1-7-9-4-8(5-14-10(9)17-16-7)11(18)15-6-12(2,3)13;;/h4-5H,6,13H2,1-3H3,(H,15,18)(H,14,16,17);2*1H. The van der Waals surface area contributed by atoms with Gasteiger partial charge in [0.15, 0.2) is 5.65 Å². The Kier molecular flexibility index (Phi) is 6.40. The molecule has 112 valence electrons. The molecule has 2 aromatic rings. The lowest BCUT2D eigenvalue weighted by Gasteiger charge is -2.18. The number of nitrogens with zero attached hydrogens (tertiary/aromatic N) is 2. The van der Waals surface area contributed by atoms with Crippen molar-refractivity contribution in [2.75, 3.05) is 6.54 Å². The third-order valence-corrected chi connectivity index (χ3v) is 2.57. The first kappa shape index (κ1) is 18.6. The highest BCUT2D eigenvalue weighted by Crippen LogP contribution is 2.14. The van der Waals surface area contributed by atoms with Crippen LogP contribution in [-0.2, 0) is 0 Å². The highest BCUT2D eigenvalue weighted by Gasteiger charge is 2.14. The summed E-state index contributed by atoms with van der Waals surface area (Å²) in [5, 5.41) is 10.5. The summed E-state index contributed by atoms with van der Waals surface area (Å²) in [6.07, 6.45) is 1.52. The number of nitrogens with two attached hydrogens (primary N) is 1. The van der Waals surface area contributed by atoms with E-state index < -0.39 is 5.54 Å². The molecular weight excluding hydrogens is 301 g/mol. The molecule has 0 saturated carbocycles. The molecule has 0 aliphatic heterocycles. The van der Waals surface area contributed by atoms with E-state index in [2.05, 4.69) is 20.5 Å². The minimum atomic E-state index is -0.432. The Hall–Kier alpha value is -1.37. The van der Waals surface area contributed by atoms with Crippen LogP contribution in [0, 0.1) is 6.92 Å². The van der Waals surface area contributed by atoms with E-state index in [0.29, 0.717) is 17.8 Å². The Balaban J connectivity index is 0.00000180. The molecule has 0 fully saturated rings. The lowest BCUT2D eigenvalue weighted by atomic mass is 10.1. The summed E-state index contributed by atoms with van der Waals surface area (Å²) in [5.74, 6) is -0.177. The first-order valence-corrected chi connectivity index (χ1v) is 5.74. The molecular formula is C12H19Cl2N5O.